The first kappa shape index (κ1) is 15.2. The second kappa shape index (κ2) is 5.68. The minimum Gasteiger partial charge on any atom is -0.478 e. The molecule has 3 rings (SSSR count). The molecule has 0 aromatic heterocycles. The first-order valence-corrected chi connectivity index (χ1v) is 6.00. The van der Waals surface area contributed by atoms with Crippen LogP contribution in [-0.2, 0) is 21.7 Å². The number of carboxylic acids is 2. The number of benzene rings is 3. The molecule has 0 fully saturated rings. The first-order chi connectivity index (χ1) is 9.58. The zero-order valence-electron chi connectivity index (χ0n) is 10.8. The van der Waals surface area contributed by atoms with Crippen LogP contribution in [0.5, 0.6) is 0 Å². The predicted molar refractivity (Wildman–Crippen MR) is 75.4 cm³/mol. The van der Waals surface area contributed by atoms with Gasteiger partial charge >= 0.3 is 11.9 Å². The normalized spacial score (nSPS) is 10.3. The quantitative estimate of drug-likeness (QED) is 0.562. The largest absolute Gasteiger partial charge is 0.478 e. The molecule has 0 bridgehead atoms. The van der Waals surface area contributed by atoms with Crippen LogP contribution in [0.25, 0.3) is 21.5 Å². The Bertz CT molecular complexity index is 871. The van der Waals surface area contributed by atoms with Gasteiger partial charge in [-0.2, -0.15) is 0 Å². The van der Waals surface area contributed by atoms with Gasteiger partial charge in [-0.25, -0.2) is 9.59 Å². The molecule has 0 aliphatic heterocycles. The van der Waals surface area contributed by atoms with Crippen LogP contribution < -0.4 is 0 Å². The van der Waals surface area contributed by atoms with E-state index in [1.807, 2.05) is 30.3 Å². The van der Waals surface area contributed by atoms with Gasteiger partial charge < -0.3 is 10.2 Å². The van der Waals surface area contributed by atoms with Gasteiger partial charge in [0.1, 0.15) is 0 Å². The molecule has 2 N–H and O–H groups in total. The van der Waals surface area contributed by atoms with Gasteiger partial charge in [0.25, 0.3) is 0 Å². The van der Waals surface area contributed by atoms with Crippen molar-refractivity contribution in [1.29, 1.82) is 0 Å². The molecule has 0 heterocycles. The second-order valence-electron chi connectivity index (χ2n) is 4.52. The van der Waals surface area contributed by atoms with Crippen molar-refractivity contribution in [3.63, 3.8) is 0 Å². The molecule has 102 valence electrons. The zero-order chi connectivity index (χ0) is 14.3. The predicted octanol–water partition coefficient (Wildman–Crippen LogP) is 3.39. The van der Waals surface area contributed by atoms with Crippen LogP contribution in [0.1, 0.15) is 20.7 Å². The van der Waals surface area contributed by atoms with Crippen molar-refractivity contribution in [2.24, 2.45) is 0 Å². The number of rotatable bonds is 2. The van der Waals surface area contributed by atoms with E-state index >= 15 is 0 Å². The molecule has 0 spiro atoms. The summed E-state index contributed by atoms with van der Waals surface area (Å²) < 4.78 is 0. The van der Waals surface area contributed by atoms with Gasteiger partial charge in [0, 0.05) is 21.7 Å². The summed E-state index contributed by atoms with van der Waals surface area (Å²) in [6.07, 6.45) is 0. The van der Waals surface area contributed by atoms with E-state index in [2.05, 4.69) is 0 Å². The third kappa shape index (κ3) is 2.55. The molecule has 0 saturated carbocycles. The molecule has 0 unspecified atom stereocenters. The third-order valence-corrected chi connectivity index (χ3v) is 3.33. The summed E-state index contributed by atoms with van der Waals surface area (Å²) in [5.74, 6) is -2.47. The van der Waals surface area contributed by atoms with Gasteiger partial charge in [-0.15, -0.1) is 0 Å². The molecule has 0 aliphatic rings. The van der Waals surface area contributed by atoms with E-state index in [1.54, 1.807) is 12.1 Å². The smallest absolute Gasteiger partial charge is 0.337 e. The molecule has 0 radical (unpaired) electrons. The molecule has 0 amide bonds. The van der Waals surface area contributed by atoms with Gasteiger partial charge in [-0.1, -0.05) is 30.3 Å². The van der Waals surface area contributed by atoms with Crippen molar-refractivity contribution in [3.8, 4) is 0 Å². The van der Waals surface area contributed by atoms with E-state index in [1.165, 1.54) is 6.07 Å². The average Bonchev–Trinajstić information content (AvgIpc) is 2.43. The van der Waals surface area contributed by atoms with E-state index < -0.39 is 11.9 Å². The van der Waals surface area contributed by atoms with E-state index in [-0.39, 0.29) is 32.8 Å². The van der Waals surface area contributed by atoms with Crippen molar-refractivity contribution >= 4 is 33.5 Å². The first-order valence-electron chi connectivity index (χ1n) is 6.00. The van der Waals surface area contributed by atoms with Crippen LogP contribution in [0.15, 0.2) is 48.5 Å². The minimum absolute atomic E-state index is 0. The summed E-state index contributed by atoms with van der Waals surface area (Å²) >= 11 is 0. The molecule has 4 nitrogen and oxygen atoms in total. The van der Waals surface area contributed by atoms with Crippen LogP contribution in [0.2, 0.25) is 0 Å². The Morgan fingerprint density at radius 2 is 1.38 bits per heavy atom. The van der Waals surface area contributed by atoms with E-state index in [4.69, 9.17) is 5.11 Å². The Hall–Kier alpha value is -2.17. The Balaban J connectivity index is 0.00000161. The maximum absolute atomic E-state index is 11.4. The van der Waals surface area contributed by atoms with Gasteiger partial charge in [-0.05, 0) is 39.7 Å². The summed E-state index contributed by atoms with van der Waals surface area (Å²) in [5, 5.41) is 21.5. The van der Waals surface area contributed by atoms with Crippen LogP contribution in [0.4, 0.5) is 0 Å². The fourth-order valence-electron chi connectivity index (χ4n) is 2.42. The monoisotopic (exact) mass is 314 g/mol. The van der Waals surface area contributed by atoms with Gasteiger partial charge in [0.2, 0.25) is 0 Å². The number of carbonyl (C=O) groups is 2. The Kier molecular flexibility index (Phi) is 4.12. The Morgan fingerprint density at radius 3 is 1.95 bits per heavy atom. The van der Waals surface area contributed by atoms with Crippen molar-refractivity contribution in [2.45, 2.75) is 0 Å². The Morgan fingerprint density at radius 1 is 0.762 bits per heavy atom. The molecule has 0 atom stereocenters. The fourth-order valence-corrected chi connectivity index (χ4v) is 2.42. The summed E-state index contributed by atoms with van der Waals surface area (Å²) in [6.45, 7) is 0. The molecule has 0 saturated heterocycles. The SMILES string of the molecule is O=C(O)c1ccc2cc3ccccc3cc2c1C(=O)O.[Ti]. The summed E-state index contributed by atoms with van der Waals surface area (Å²) in [5.41, 5.74) is -0.360. The van der Waals surface area contributed by atoms with Crippen molar-refractivity contribution in [1.82, 2.24) is 0 Å². The number of fused-ring (bicyclic) bond motifs is 2. The number of carboxylic acid groups (broad SMARTS) is 2. The third-order valence-electron chi connectivity index (χ3n) is 3.33. The standard InChI is InChI=1S/C16H10O4.Ti/c17-15(18)12-6-5-11-7-9-3-1-2-4-10(9)8-13(11)14(12)16(19)20;/h1-8H,(H,17,18)(H,19,20);. The minimum atomic E-state index is -1.24. The summed E-state index contributed by atoms with van der Waals surface area (Å²) in [4.78, 5) is 22.6. The van der Waals surface area contributed by atoms with Crippen molar-refractivity contribution in [3.05, 3.63) is 59.7 Å². The summed E-state index contributed by atoms with van der Waals surface area (Å²) in [6, 6.07) is 14.1. The number of hydrogen-bond acceptors (Lipinski definition) is 2. The molecular weight excluding hydrogens is 304 g/mol. The van der Waals surface area contributed by atoms with Gasteiger partial charge in [-0.3, -0.25) is 0 Å². The fraction of sp³-hybridized carbons (Fsp3) is 0. The molecule has 5 heteroatoms. The van der Waals surface area contributed by atoms with Crippen molar-refractivity contribution in [2.75, 3.05) is 0 Å². The van der Waals surface area contributed by atoms with Crippen LogP contribution in [0, 0.1) is 0 Å². The van der Waals surface area contributed by atoms with Gasteiger partial charge in [0.05, 0.1) is 11.1 Å². The van der Waals surface area contributed by atoms with E-state index in [0.717, 1.165) is 10.8 Å². The van der Waals surface area contributed by atoms with Crippen LogP contribution >= 0.6 is 0 Å². The molecule has 21 heavy (non-hydrogen) atoms. The molecule has 0 aliphatic carbocycles. The maximum atomic E-state index is 11.4. The van der Waals surface area contributed by atoms with Crippen molar-refractivity contribution < 1.29 is 41.5 Å². The van der Waals surface area contributed by atoms with Gasteiger partial charge in [0.15, 0.2) is 0 Å². The molecular formula is C16H10O4Ti. The Labute approximate surface area is 134 Å². The zero-order valence-corrected chi connectivity index (χ0v) is 12.4. The number of aromatic carboxylic acids is 2. The maximum Gasteiger partial charge on any atom is 0.337 e. The van der Waals surface area contributed by atoms with Crippen LogP contribution in [-0.4, -0.2) is 22.2 Å². The van der Waals surface area contributed by atoms with E-state index in [9.17, 15) is 14.7 Å². The average molecular weight is 314 g/mol. The summed E-state index contributed by atoms with van der Waals surface area (Å²) in [7, 11) is 0. The van der Waals surface area contributed by atoms with E-state index in [0.29, 0.717) is 10.8 Å². The topological polar surface area (TPSA) is 74.6 Å². The molecule has 3 aromatic rings. The van der Waals surface area contributed by atoms with Crippen LogP contribution in [0.3, 0.4) is 0 Å². The molecule has 3 aromatic carbocycles. The number of hydrogen-bond donors (Lipinski definition) is 2. The second-order valence-corrected chi connectivity index (χ2v) is 4.52.